The zero-order valence-corrected chi connectivity index (χ0v) is 11.5. The Morgan fingerprint density at radius 2 is 2.10 bits per heavy atom. The maximum atomic E-state index is 12.1. The molecule has 0 saturated carbocycles. The van der Waals surface area contributed by atoms with Gasteiger partial charge in [0.2, 0.25) is 5.91 Å². The lowest BCUT2D eigenvalue weighted by atomic mass is 10.2. The van der Waals surface area contributed by atoms with Crippen LogP contribution < -0.4 is 0 Å². The van der Waals surface area contributed by atoms with Crippen molar-refractivity contribution in [3.63, 3.8) is 0 Å². The van der Waals surface area contributed by atoms with Crippen molar-refractivity contribution >= 4 is 28.8 Å². The molecule has 3 rings (SSSR count). The van der Waals surface area contributed by atoms with Crippen LogP contribution in [0.2, 0.25) is 0 Å². The highest BCUT2D eigenvalue weighted by Gasteiger charge is 2.38. The predicted octanol–water partition coefficient (Wildman–Crippen LogP) is 0.973. The minimum absolute atomic E-state index is 0.0995. The van der Waals surface area contributed by atoms with E-state index in [4.69, 9.17) is 5.11 Å². The number of aromatic nitrogens is 2. The smallest absolute Gasteiger partial charge is 0.335 e. The van der Waals surface area contributed by atoms with Crippen molar-refractivity contribution in [1.29, 1.82) is 0 Å². The molecule has 0 aliphatic carbocycles. The van der Waals surface area contributed by atoms with E-state index in [1.807, 2.05) is 0 Å². The van der Waals surface area contributed by atoms with E-state index in [1.54, 1.807) is 17.6 Å². The summed E-state index contributed by atoms with van der Waals surface area (Å²) in [5.41, 5.74) is 1.29. The van der Waals surface area contributed by atoms with E-state index in [1.165, 1.54) is 19.2 Å². The van der Waals surface area contributed by atoms with E-state index in [2.05, 4.69) is 4.98 Å². The Morgan fingerprint density at radius 1 is 1.38 bits per heavy atom. The Balaban J connectivity index is 2.15. The Kier molecular flexibility index (Phi) is 2.79. The number of carboxylic acid groups (broad SMARTS) is 1. The van der Waals surface area contributed by atoms with E-state index in [-0.39, 0.29) is 23.8 Å². The van der Waals surface area contributed by atoms with Crippen molar-refractivity contribution in [2.45, 2.75) is 19.4 Å². The number of likely N-dealkylation sites (N-methyl/N-ethyl adjacent to an activating group) is 1. The summed E-state index contributed by atoms with van der Waals surface area (Å²) in [5.74, 6) is -0.955. The summed E-state index contributed by atoms with van der Waals surface area (Å²) in [7, 11) is 1.46. The van der Waals surface area contributed by atoms with Crippen molar-refractivity contribution in [3.05, 3.63) is 29.6 Å². The van der Waals surface area contributed by atoms with Crippen molar-refractivity contribution in [1.82, 2.24) is 14.5 Å². The highest BCUT2D eigenvalue weighted by atomic mass is 16.4. The summed E-state index contributed by atoms with van der Waals surface area (Å²) >= 11 is 0. The van der Waals surface area contributed by atoms with Gasteiger partial charge in [0.05, 0.1) is 23.0 Å². The van der Waals surface area contributed by atoms with Gasteiger partial charge in [0.1, 0.15) is 11.9 Å². The van der Waals surface area contributed by atoms with Gasteiger partial charge in [-0.3, -0.25) is 14.5 Å². The van der Waals surface area contributed by atoms with Gasteiger partial charge in [-0.05, 0) is 25.1 Å². The third kappa shape index (κ3) is 1.89. The molecule has 108 valence electrons. The fourth-order valence-corrected chi connectivity index (χ4v) is 2.68. The third-order valence-electron chi connectivity index (χ3n) is 3.78. The summed E-state index contributed by atoms with van der Waals surface area (Å²) in [6.45, 7) is 1.73. The molecule has 7 nitrogen and oxygen atoms in total. The number of amides is 2. The molecule has 2 heterocycles. The van der Waals surface area contributed by atoms with Crippen LogP contribution in [0.4, 0.5) is 0 Å². The monoisotopic (exact) mass is 287 g/mol. The highest BCUT2D eigenvalue weighted by molar-refractivity contribution is 6.05. The first kappa shape index (κ1) is 13.3. The molecule has 0 bridgehead atoms. The molecule has 1 unspecified atom stereocenters. The lowest BCUT2D eigenvalue weighted by Gasteiger charge is -2.13. The average molecular weight is 287 g/mol. The fourth-order valence-electron chi connectivity index (χ4n) is 2.68. The summed E-state index contributed by atoms with van der Waals surface area (Å²) in [4.78, 5) is 40.2. The Bertz CT molecular complexity index is 793. The molecule has 1 aromatic heterocycles. The first-order valence-electron chi connectivity index (χ1n) is 6.42. The number of carboxylic acids is 1. The lowest BCUT2D eigenvalue weighted by Crippen LogP contribution is -2.27. The summed E-state index contributed by atoms with van der Waals surface area (Å²) in [6.07, 6.45) is 0.0995. The number of hydrogen-bond donors (Lipinski definition) is 1. The Morgan fingerprint density at radius 3 is 2.67 bits per heavy atom. The number of nitrogens with zero attached hydrogens (tertiary/aromatic N) is 3. The number of imidazole rings is 1. The van der Waals surface area contributed by atoms with E-state index in [9.17, 15) is 14.4 Å². The molecule has 2 amide bonds. The van der Waals surface area contributed by atoms with Crippen LogP contribution in [0.25, 0.3) is 11.0 Å². The second-order valence-corrected chi connectivity index (χ2v) is 5.05. The first-order chi connectivity index (χ1) is 9.90. The van der Waals surface area contributed by atoms with Gasteiger partial charge in [0.25, 0.3) is 5.91 Å². The van der Waals surface area contributed by atoms with Gasteiger partial charge >= 0.3 is 5.97 Å². The maximum Gasteiger partial charge on any atom is 0.335 e. The summed E-state index contributed by atoms with van der Waals surface area (Å²) < 4.78 is 1.70. The van der Waals surface area contributed by atoms with Gasteiger partial charge in [-0.2, -0.15) is 0 Å². The quantitative estimate of drug-likeness (QED) is 0.831. The number of aryl methyl sites for hydroxylation is 1. The zero-order valence-electron chi connectivity index (χ0n) is 11.5. The van der Waals surface area contributed by atoms with Crippen molar-refractivity contribution in [2.24, 2.45) is 0 Å². The topological polar surface area (TPSA) is 92.5 Å². The number of rotatable bonds is 2. The molecule has 1 aliphatic heterocycles. The van der Waals surface area contributed by atoms with Gasteiger partial charge in [-0.15, -0.1) is 0 Å². The van der Waals surface area contributed by atoms with Crippen LogP contribution in [-0.4, -0.2) is 44.4 Å². The Hall–Kier alpha value is -2.70. The SMILES string of the molecule is Cc1nc2cc(C(=O)O)ccc2n1C1CC(=O)N(C)C1=O. The van der Waals surface area contributed by atoms with Crippen molar-refractivity contribution in [2.75, 3.05) is 7.05 Å². The van der Waals surface area contributed by atoms with Crippen LogP contribution in [0.3, 0.4) is 0 Å². The normalized spacial score (nSPS) is 18.8. The standard InChI is InChI=1S/C14H13N3O4/c1-7-15-9-5-8(14(20)21)3-4-10(9)17(7)11-6-12(18)16(2)13(11)19/h3-5,11H,6H2,1-2H3,(H,20,21). The van der Waals surface area contributed by atoms with Crippen molar-refractivity contribution < 1.29 is 19.5 Å². The molecule has 1 aliphatic rings. The first-order valence-corrected chi connectivity index (χ1v) is 6.42. The molecule has 1 saturated heterocycles. The van der Waals surface area contributed by atoms with Crippen LogP contribution in [0.15, 0.2) is 18.2 Å². The van der Waals surface area contributed by atoms with E-state index >= 15 is 0 Å². The zero-order chi connectivity index (χ0) is 15.3. The van der Waals surface area contributed by atoms with Gasteiger partial charge in [-0.1, -0.05) is 0 Å². The fraction of sp³-hybridized carbons (Fsp3) is 0.286. The largest absolute Gasteiger partial charge is 0.478 e. The van der Waals surface area contributed by atoms with Crippen LogP contribution in [-0.2, 0) is 9.59 Å². The molecular weight excluding hydrogens is 274 g/mol. The number of fused-ring (bicyclic) bond motifs is 1. The molecule has 1 fully saturated rings. The number of carbonyl (C=O) groups excluding carboxylic acids is 2. The second kappa shape index (κ2) is 4.41. The minimum atomic E-state index is -1.03. The van der Waals surface area contributed by atoms with Crippen LogP contribution in [0.1, 0.15) is 28.6 Å². The van der Waals surface area contributed by atoms with Crippen LogP contribution in [0, 0.1) is 6.92 Å². The van der Waals surface area contributed by atoms with Crippen molar-refractivity contribution in [3.8, 4) is 0 Å². The molecule has 0 radical (unpaired) electrons. The number of imide groups is 1. The van der Waals surface area contributed by atoms with Crippen LogP contribution >= 0.6 is 0 Å². The number of carbonyl (C=O) groups is 3. The minimum Gasteiger partial charge on any atom is -0.478 e. The van der Waals surface area contributed by atoms with Gasteiger partial charge in [0, 0.05) is 7.05 Å². The number of benzene rings is 1. The van der Waals surface area contributed by atoms with Gasteiger partial charge < -0.3 is 9.67 Å². The lowest BCUT2D eigenvalue weighted by molar-refractivity contribution is -0.137. The van der Waals surface area contributed by atoms with Crippen LogP contribution in [0.5, 0.6) is 0 Å². The highest BCUT2D eigenvalue weighted by Crippen LogP contribution is 2.29. The summed E-state index contributed by atoms with van der Waals surface area (Å²) in [5, 5.41) is 9.00. The van der Waals surface area contributed by atoms with E-state index in [0.717, 1.165) is 4.90 Å². The maximum absolute atomic E-state index is 12.1. The summed E-state index contributed by atoms with van der Waals surface area (Å²) in [6, 6.07) is 3.94. The molecule has 1 N–H and O–H groups in total. The Labute approximate surface area is 119 Å². The molecule has 2 aromatic rings. The number of aromatic carboxylic acids is 1. The molecular formula is C14H13N3O4. The number of likely N-dealkylation sites (tertiary alicyclic amines) is 1. The predicted molar refractivity (Wildman–Crippen MR) is 72.9 cm³/mol. The van der Waals surface area contributed by atoms with E-state index < -0.39 is 12.0 Å². The average Bonchev–Trinajstić information content (AvgIpc) is 2.88. The third-order valence-corrected chi connectivity index (χ3v) is 3.78. The molecule has 21 heavy (non-hydrogen) atoms. The molecule has 1 atom stereocenters. The molecule has 7 heteroatoms. The van der Waals surface area contributed by atoms with Gasteiger partial charge in [0.15, 0.2) is 0 Å². The van der Waals surface area contributed by atoms with Gasteiger partial charge in [-0.25, -0.2) is 9.78 Å². The number of hydrogen-bond acceptors (Lipinski definition) is 4. The second-order valence-electron chi connectivity index (χ2n) is 5.05. The van der Waals surface area contributed by atoms with E-state index in [0.29, 0.717) is 16.9 Å². The molecule has 1 aromatic carbocycles. The molecule has 0 spiro atoms.